The van der Waals surface area contributed by atoms with Crippen LogP contribution in [0.3, 0.4) is 0 Å². The summed E-state index contributed by atoms with van der Waals surface area (Å²) in [7, 11) is 1.57. The van der Waals surface area contributed by atoms with Gasteiger partial charge in [-0.25, -0.2) is 9.69 Å². The number of urea groups is 1. The molecule has 0 spiro atoms. The molecular formula is C14H18N2O3. The van der Waals surface area contributed by atoms with Gasteiger partial charge in [0.15, 0.2) is 0 Å². The molecule has 5 nitrogen and oxygen atoms in total. The lowest BCUT2D eigenvalue weighted by molar-refractivity contribution is -0.119. The van der Waals surface area contributed by atoms with Crippen molar-refractivity contribution in [3.8, 4) is 5.75 Å². The molecule has 2 rings (SSSR count). The Bertz CT molecular complexity index is 464. The molecule has 1 aliphatic rings. The number of benzene rings is 1. The lowest BCUT2D eigenvalue weighted by Crippen LogP contribution is -2.56. The fourth-order valence-corrected chi connectivity index (χ4v) is 2.06. The van der Waals surface area contributed by atoms with Crippen molar-refractivity contribution in [1.29, 1.82) is 0 Å². The summed E-state index contributed by atoms with van der Waals surface area (Å²) in [5, 5.41) is 2.86. The SMILES string of the molecule is COc1ccc(N2C(=O)CC(C(C)C)NC2=O)cc1. The van der Waals surface area contributed by atoms with E-state index in [4.69, 9.17) is 4.74 Å². The second-order valence-electron chi connectivity index (χ2n) is 4.93. The summed E-state index contributed by atoms with van der Waals surface area (Å²) in [4.78, 5) is 25.3. The molecule has 0 aromatic heterocycles. The molecule has 3 amide bonds. The molecule has 1 aromatic carbocycles. The van der Waals surface area contributed by atoms with Crippen LogP contribution in [-0.2, 0) is 4.79 Å². The Balaban J connectivity index is 2.20. The van der Waals surface area contributed by atoms with Crippen molar-refractivity contribution >= 4 is 17.6 Å². The molecule has 102 valence electrons. The summed E-state index contributed by atoms with van der Waals surface area (Å²) in [6.07, 6.45) is 0.329. The van der Waals surface area contributed by atoms with E-state index < -0.39 is 0 Å². The molecule has 19 heavy (non-hydrogen) atoms. The first-order chi connectivity index (χ1) is 9.02. The highest BCUT2D eigenvalue weighted by molar-refractivity contribution is 6.16. The predicted octanol–water partition coefficient (Wildman–Crippen LogP) is 2.17. The monoisotopic (exact) mass is 262 g/mol. The number of rotatable bonds is 3. The fraction of sp³-hybridized carbons (Fsp3) is 0.429. The van der Waals surface area contributed by atoms with Gasteiger partial charge in [0, 0.05) is 12.5 Å². The molecule has 1 saturated heterocycles. The number of methoxy groups -OCH3 is 1. The molecule has 1 aliphatic heterocycles. The van der Waals surface area contributed by atoms with Gasteiger partial charge in [-0.2, -0.15) is 0 Å². The Morgan fingerprint density at radius 3 is 2.37 bits per heavy atom. The smallest absolute Gasteiger partial charge is 0.328 e. The van der Waals surface area contributed by atoms with Crippen LogP contribution in [0.5, 0.6) is 5.75 Å². The maximum absolute atomic E-state index is 12.1. The number of hydrogen-bond acceptors (Lipinski definition) is 3. The lowest BCUT2D eigenvalue weighted by atomic mass is 9.98. The minimum absolute atomic E-state index is 0.0884. The summed E-state index contributed by atoms with van der Waals surface area (Å²) >= 11 is 0. The largest absolute Gasteiger partial charge is 0.497 e. The van der Waals surface area contributed by atoms with Crippen LogP contribution in [0.25, 0.3) is 0 Å². The zero-order valence-electron chi connectivity index (χ0n) is 11.3. The normalized spacial score (nSPS) is 19.6. The first kappa shape index (κ1) is 13.4. The molecule has 0 aliphatic carbocycles. The summed E-state index contributed by atoms with van der Waals surface area (Å²) in [5.74, 6) is 0.757. The van der Waals surface area contributed by atoms with Crippen LogP contribution in [-0.4, -0.2) is 25.1 Å². The fourth-order valence-electron chi connectivity index (χ4n) is 2.06. The standard InChI is InChI=1S/C14H18N2O3/c1-9(2)12-8-13(17)16(14(18)15-12)10-4-6-11(19-3)7-5-10/h4-7,9,12H,8H2,1-3H3,(H,15,18). The Hall–Kier alpha value is -2.04. The Labute approximate surface area is 112 Å². The van der Waals surface area contributed by atoms with Gasteiger partial charge in [-0.3, -0.25) is 4.79 Å². The topological polar surface area (TPSA) is 58.6 Å². The van der Waals surface area contributed by atoms with Gasteiger partial charge in [0.2, 0.25) is 5.91 Å². The predicted molar refractivity (Wildman–Crippen MR) is 72.3 cm³/mol. The molecule has 1 atom stereocenters. The third-order valence-electron chi connectivity index (χ3n) is 3.29. The van der Waals surface area contributed by atoms with E-state index in [0.29, 0.717) is 17.9 Å². The molecule has 1 heterocycles. The van der Waals surface area contributed by atoms with Crippen molar-refractivity contribution in [2.75, 3.05) is 12.0 Å². The number of hydrogen-bond donors (Lipinski definition) is 1. The van der Waals surface area contributed by atoms with Crippen molar-refractivity contribution in [2.24, 2.45) is 5.92 Å². The van der Waals surface area contributed by atoms with Gasteiger partial charge >= 0.3 is 6.03 Å². The van der Waals surface area contributed by atoms with Crippen LogP contribution in [0, 0.1) is 5.92 Å². The number of amides is 3. The first-order valence-corrected chi connectivity index (χ1v) is 6.30. The van der Waals surface area contributed by atoms with Crippen LogP contribution in [0.2, 0.25) is 0 Å². The van der Waals surface area contributed by atoms with E-state index in [1.54, 1.807) is 31.4 Å². The summed E-state index contributed by atoms with van der Waals surface area (Å²) in [6.45, 7) is 3.97. The number of nitrogens with one attached hydrogen (secondary N) is 1. The van der Waals surface area contributed by atoms with E-state index in [0.717, 1.165) is 0 Å². The number of imide groups is 1. The maximum atomic E-state index is 12.1. The van der Waals surface area contributed by atoms with Crippen molar-refractivity contribution in [1.82, 2.24) is 5.32 Å². The van der Waals surface area contributed by atoms with Crippen LogP contribution in [0.15, 0.2) is 24.3 Å². The molecule has 1 fully saturated rings. The van der Waals surface area contributed by atoms with Crippen LogP contribution in [0.1, 0.15) is 20.3 Å². The third kappa shape index (κ3) is 2.70. The average Bonchev–Trinajstić information content (AvgIpc) is 2.38. The van der Waals surface area contributed by atoms with Crippen molar-refractivity contribution in [2.45, 2.75) is 26.3 Å². The van der Waals surface area contributed by atoms with E-state index in [2.05, 4.69) is 5.32 Å². The molecule has 0 radical (unpaired) electrons. The van der Waals surface area contributed by atoms with Gasteiger partial charge in [-0.1, -0.05) is 13.8 Å². The Kier molecular flexibility index (Phi) is 3.74. The molecule has 0 bridgehead atoms. The minimum atomic E-state index is -0.361. The van der Waals surface area contributed by atoms with E-state index in [1.165, 1.54) is 4.90 Å². The minimum Gasteiger partial charge on any atom is -0.497 e. The number of ether oxygens (including phenoxy) is 1. The number of carbonyl (C=O) groups is 2. The zero-order valence-corrected chi connectivity index (χ0v) is 11.3. The van der Waals surface area contributed by atoms with Gasteiger partial charge in [0.1, 0.15) is 5.75 Å². The van der Waals surface area contributed by atoms with E-state index in [9.17, 15) is 9.59 Å². The van der Waals surface area contributed by atoms with Crippen molar-refractivity contribution < 1.29 is 14.3 Å². The van der Waals surface area contributed by atoms with Crippen LogP contribution < -0.4 is 15.0 Å². The average molecular weight is 262 g/mol. The van der Waals surface area contributed by atoms with E-state index >= 15 is 0 Å². The molecule has 0 saturated carbocycles. The second kappa shape index (κ2) is 5.30. The quantitative estimate of drug-likeness (QED) is 0.908. The van der Waals surface area contributed by atoms with Crippen LogP contribution >= 0.6 is 0 Å². The summed E-state index contributed by atoms with van der Waals surface area (Å²) in [6, 6.07) is 6.40. The second-order valence-corrected chi connectivity index (χ2v) is 4.93. The molecular weight excluding hydrogens is 244 g/mol. The lowest BCUT2D eigenvalue weighted by Gasteiger charge is -2.33. The Morgan fingerprint density at radius 1 is 1.26 bits per heavy atom. The van der Waals surface area contributed by atoms with E-state index in [-0.39, 0.29) is 23.9 Å². The zero-order chi connectivity index (χ0) is 14.0. The maximum Gasteiger partial charge on any atom is 0.328 e. The van der Waals surface area contributed by atoms with Gasteiger partial charge in [-0.05, 0) is 30.2 Å². The summed E-state index contributed by atoms with van der Waals surface area (Å²) in [5.41, 5.74) is 0.561. The van der Waals surface area contributed by atoms with Gasteiger partial charge in [-0.15, -0.1) is 0 Å². The highest BCUT2D eigenvalue weighted by Gasteiger charge is 2.34. The molecule has 1 unspecified atom stereocenters. The van der Waals surface area contributed by atoms with Gasteiger partial charge < -0.3 is 10.1 Å². The number of anilines is 1. The molecule has 1 aromatic rings. The van der Waals surface area contributed by atoms with Crippen LogP contribution in [0.4, 0.5) is 10.5 Å². The summed E-state index contributed by atoms with van der Waals surface area (Å²) < 4.78 is 5.05. The third-order valence-corrected chi connectivity index (χ3v) is 3.29. The van der Waals surface area contributed by atoms with Gasteiger partial charge in [0.05, 0.1) is 12.8 Å². The Morgan fingerprint density at radius 2 is 1.89 bits per heavy atom. The number of carbonyl (C=O) groups excluding carboxylic acids is 2. The van der Waals surface area contributed by atoms with E-state index in [1.807, 2.05) is 13.8 Å². The highest BCUT2D eigenvalue weighted by Crippen LogP contribution is 2.23. The first-order valence-electron chi connectivity index (χ1n) is 6.30. The van der Waals surface area contributed by atoms with Gasteiger partial charge in [0.25, 0.3) is 0 Å². The molecule has 1 N–H and O–H groups in total. The van der Waals surface area contributed by atoms with Crippen molar-refractivity contribution in [3.63, 3.8) is 0 Å². The van der Waals surface area contributed by atoms with Crippen molar-refractivity contribution in [3.05, 3.63) is 24.3 Å². The number of nitrogens with zero attached hydrogens (tertiary/aromatic N) is 1. The highest BCUT2D eigenvalue weighted by atomic mass is 16.5. The molecule has 5 heteroatoms.